The summed E-state index contributed by atoms with van der Waals surface area (Å²) in [6.07, 6.45) is 1.34. The number of carbonyl (C=O) groups is 2. The van der Waals surface area contributed by atoms with Gasteiger partial charge in [-0.05, 0) is 42.0 Å². The summed E-state index contributed by atoms with van der Waals surface area (Å²) in [6, 6.07) is 11.7. The van der Waals surface area contributed by atoms with Gasteiger partial charge in [0.1, 0.15) is 11.6 Å². The van der Waals surface area contributed by atoms with Gasteiger partial charge in [-0.2, -0.15) is 5.26 Å². The number of nitrogens with one attached hydrogen (secondary N) is 1. The summed E-state index contributed by atoms with van der Waals surface area (Å²) in [5.74, 6) is -1.08. The summed E-state index contributed by atoms with van der Waals surface area (Å²) in [5, 5.41) is 12.2. The number of nitriles is 1. The second kappa shape index (κ2) is 10.1. The zero-order valence-electron chi connectivity index (χ0n) is 14.5. The number of benzene rings is 2. The lowest BCUT2D eigenvalue weighted by atomic mass is 10.1. The summed E-state index contributed by atoms with van der Waals surface area (Å²) in [4.78, 5) is 23.5. The van der Waals surface area contributed by atoms with E-state index >= 15 is 0 Å². The molecule has 28 heavy (non-hydrogen) atoms. The number of amides is 1. The van der Waals surface area contributed by atoms with E-state index in [9.17, 15) is 14.9 Å². The quantitative estimate of drug-likeness (QED) is 0.360. The molecule has 0 atom stereocenters. The average Bonchev–Trinajstić information content (AvgIpc) is 2.65. The molecule has 0 radical (unpaired) electrons. The number of anilines is 1. The number of rotatable bonds is 6. The molecule has 0 aromatic heterocycles. The van der Waals surface area contributed by atoms with Gasteiger partial charge in [-0.15, -0.1) is 0 Å². The Morgan fingerprint density at radius 2 is 1.93 bits per heavy atom. The number of ether oxygens (including phenoxy) is 2. The Kier molecular flexibility index (Phi) is 7.88. The third-order valence-electron chi connectivity index (χ3n) is 3.34. The predicted octanol–water partition coefficient (Wildman–Crippen LogP) is 4.85. The Morgan fingerprint density at radius 3 is 2.50 bits per heavy atom. The van der Waals surface area contributed by atoms with Gasteiger partial charge in [0, 0.05) is 10.2 Å². The fourth-order valence-corrected chi connectivity index (χ4v) is 3.08. The Bertz CT molecular complexity index is 963. The van der Waals surface area contributed by atoms with Gasteiger partial charge in [0.25, 0.3) is 5.91 Å². The van der Waals surface area contributed by atoms with Crippen LogP contribution < -0.4 is 10.1 Å². The van der Waals surface area contributed by atoms with Crippen LogP contribution >= 0.6 is 39.1 Å². The van der Waals surface area contributed by atoms with Gasteiger partial charge in [-0.25, -0.2) is 4.79 Å². The highest BCUT2D eigenvalue weighted by Gasteiger charge is 2.14. The van der Waals surface area contributed by atoms with Gasteiger partial charge in [0.15, 0.2) is 12.4 Å². The maximum absolute atomic E-state index is 12.3. The Labute approximate surface area is 179 Å². The van der Waals surface area contributed by atoms with Gasteiger partial charge in [0.2, 0.25) is 0 Å². The van der Waals surface area contributed by atoms with Crippen LogP contribution in [0.3, 0.4) is 0 Å². The molecule has 2 rings (SSSR count). The van der Waals surface area contributed by atoms with Crippen molar-refractivity contribution in [1.82, 2.24) is 0 Å². The third-order valence-corrected chi connectivity index (χ3v) is 4.40. The standard InChI is InChI=1S/C19H13BrCl2N2O4/c1-27-17(25)10-28-18-15(21)6-11(7-16(18)22)5-12(9-23)19(26)24-14-4-2-3-13(20)8-14/h2-8H,10H2,1H3,(H,24,26)/b12-5-. The van der Waals surface area contributed by atoms with E-state index in [1.165, 1.54) is 25.3 Å². The van der Waals surface area contributed by atoms with Crippen LogP contribution in [0.5, 0.6) is 5.75 Å². The largest absolute Gasteiger partial charge is 0.479 e. The first kappa shape index (κ1) is 21.8. The number of halogens is 3. The van der Waals surface area contributed by atoms with Crippen LogP contribution in [0.2, 0.25) is 10.0 Å². The van der Waals surface area contributed by atoms with Crippen LogP contribution in [0.25, 0.3) is 6.08 Å². The van der Waals surface area contributed by atoms with Crippen molar-refractivity contribution in [3.05, 3.63) is 62.1 Å². The molecule has 0 aliphatic carbocycles. The molecule has 2 aromatic carbocycles. The van der Waals surface area contributed by atoms with Crippen molar-refractivity contribution >= 4 is 62.8 Å². The zero-order chi connectivity index (χ0) is 20.7. The molecule has 1 N–H and O–H groups in total. The van der Waals surface area contributed by atoms with Crippen molar-refractivity contribution in [2.75, 3.05) is 19.0 Å². The number of hydrogen-bond donors (Lipinski definition) is 1. The molecule has 0 spiro atoms. The Hall–Kier alpha value is -2.53. The van der Waals surface area contributed by atoms with E-state index in [1.807, 2.05) is 12.1 Å². The molecule has 0 saturated carbocycles. The Morgan fingerprint density at radius 1 is 1.25 bits per heavy atom. The highest BCUT2D eigenvalue weighted by atomic mass is 79.9. The number of carbonyl (C=O) groups excluding carboxylic acids is 2. The molecule has 0 saturated heterocycles. The molecule has 0 heterocycles. The lowest BCUT2D eigenvalue weighted by Gasteiger charge is -2.10. The summed E-state index contributed by atoms with van der Waals surface area (Å²) >= 11 is 15.6. The molecule has 0 aliphatic rings. The first-order valence-electron chi connectivity index (χ1n) is 7.71. The molecule has 0 fully saturated rings. The van der Waals surface area contributed by atoms with E-state index in [0.29, 0.717) is 11.3 Å². The van der Waals surface area contributed by atoms with Crippen LogP contribution in [0.1, 0.15) is 5.56 Å². The topological polar surface area (TPSA) is 88.4 Å². The fraction of sp³-hybridized carbons (Fsp3) is 0.105. The molecule has 9 heteroatoms. The van der Waals surface area contributed by atoms with Gasteiger partial charge in [-0.3, -0.25) is 4.79 Å². The van der Waals surface area contributed by atoms with Crippen molar-refractivity contribution < 1.29 is 19.1 Å². The molecule has 1 amide bonds. The van der Waals surface area contributed by atoms with E-state index in [4.69, 9.17) is 27.9 Å². The molecule has 144 valence electrons. The van der Waals surface area contributed by atoms with E-state index in [-0.39, 0.29) is 28.0 Å². The molecular formula is C19H13BrCl2N2O4. The lowest BCUT2D eigenvalue weighted by molar-refractivity contribution is -0.142. The molecule has 0 unspecified atom stereocenters. The van der Waals surface area contributed by atoms with Crippen molar-refractivity contribution in [2.24, 2.45) is 0 Å². The first-order valence-corrected chi connectivity index (χ1v) is 9.26. The van der Waals surface area contributed by atoms with Crippen molar-refractivity contribution in [1.29, 1.82) is 5.26 Å². The molecule has 0 aliphatic heterocycles. The molecular weight excluding hydrogens is 471 g/mol. The highest BCUT2D eigenvalue weighted by Crippen LogP contribution is 2.35. The van der Waals surface area contributed by atoms with Crippen LogP contribution in [0.4, 0.5) is 5.69 Å². The number of nitrogens with zero attached hydrogens (tertiary/aromatic N) is 1. The molecule has 2 aromatic rings. The lowest BCUT2D eigenvalue weighted by Crippen LogP contribution is -2.13. The number of hydrogen-bond acceptors (Lipinski definition) is 5. The number of esters is 1. The minimum absolute atomic E-state index is 0.1000. The minimum Gasteiger partial charge on any atom is -0.479 e. The SMILES string of the molecule is COC(=O)COc1c(Cl)cc(/C=C(/C#N)C(=O)Nc2cccc(Br)c2)cc1Cl. The Balaban J connectivity index is 2.22. The minimum atomic E-state index is -0.591. The monoisotopic (exact) mass is 482 g/mol. The predicted molar refractivity (Wildman–Crippen MR) is 110 cm³/mol. The smallest absolute Gasteiger partial charge is 0.343 e. The fourth-order valence-electron chi connectivity index (χ4n) is 2.07. The van der Waals surface area contributed by atoms with Crippen LogP contribution in [0, 0.1) is 11.3 Å². The summed E-state index contributed by atoms with van der Waals surface area (Å²) in [6.45, 7) is -0.358. The van der Waals surface area contributed by atoms with Crippen LogP contribution in [0.15, 0.2) is 46.4 Å². The van der Waals surface area contributed by atoms with Crippen LogP contribution in [-0.4, -0.2) is 25.6 Å². The van der Waals surface area contributed by atoms with E-state index < -0.39 is 11.9 Å². The summed E-state index contributed by atoms with van der Waals surface area (Å²) < 4.78 is 10.5. The molecule has 6 nitrogen and oxygen atoms in total. The maximum atomic E-state index is 12.3. The third kappa shape index (κ3) is 5.99. The maximum Gasteiger partial charge on any atom is 0.343 e. The second-order valence-electron chi connectivity index (χ2n) is 5.31. The van der Waals surface area contributed by atoms with E-state index in [1.54, 1.807) is 18.2 Å². The van der Waals surface area contributed by atoms with Gasteiger partial charge in [-0.1, -0.05) is 45.2 Å². The zero-order valence-corrected chi connectivity index (χ0v) is 17.6. The van der Waals surface area contributed by atoms with E-state index in [2.05, 4.69) is 26.0 Å². The summed E-state index contributed by atoms with van der Waals surface area (Å²) in [5.41, 5.74) is 0.805. The highest BCUT2D eigenvalue weighted by molar-refractivity contribution is 9.10. The van der Waals surface area contributed by atoms with Crippen molar-refractivity contribution in [3.63, 3.8) is 0 Å². The normalized spacial score (nSPS) is 10.8. The second-order valence-corrected chi connectivity index (χ2v) is 7.04. The van der Waals surface area contributed by atoms with E-state index in [0.717, 1.165) is 4.47 Å². The number of methoxy groups -OCH3 is 1. The van der Waals surface area contributed by atoms with Gasteiger partial charge >= 0.3 is 5.97 Å². The van der Waals surface area contributed by atoms with Crippen LogP contribution in [-0.2, 0) is 14.3 Å². The van der Waals surface area contributed by atoms with Crippen molar-refractivity contribution in [3.8, 4) is 11.8 Å². The first-order chi connectivity index (χ1) is 13.3. The van der Waals surface area contributed by atoms with Gasteiger partial charge in [0.05, 0.1) is 17.2 Å². The van der Waals surface area contributed by atoms with Crippen molar-refractivity contribution in [2.45, 2.75) is 0 Å². The summed E-state index contributed by atoms with van der Waals surface area (Å²) in [7, 11) is 1.23. The molecule has 0 bridgehead atoms. The van der Waals surface area contributed by atoms with Gasteiger partial charge < -0.3 is 14.8 Å². The average molecular weight is 484 g/mol.